The molecule has 3 nitrogen and oxygen atoms in total. The normalized spacial score (nSPS) is 10.7. The van der Waals surface area contributed by atoms with E-state index in [-0.39, 0.29) is 29.5 Å². The molecule has 3 aromatic rings. The molecule has 0 aliphatic rings. The van der Waals surface area contributed by atoms with Crippen molar-refractivity contribution in [1.82, 2.24) is 5.32 Å². The maximum absolute atomic E-state index is 13.7. The molecule has 0 saturated carbocycles. The molecule has 6 heteroatoms. The Bertz CT molecular complexity index is 794. The van der Waals surface area contributed by atoms with Crippen molar-refractivity contribution in [2.75, 3.05) is 0 Å². The molecule has 0 spiro atoms. The second-order valence-corrected chi connectivity index (χ2v) is 6.12. The Morgan fingerprint density at radius 3 is 2.87 bits per heavy atom. The molecular formula is C17H13ClFNO2S. The van der Waals surface area contributed by atoms with Crippen LogP contribution in [0.2, 0.25) is 5.02 Å². The summed E-state index contributed by atoms with van der Waals surface area (Å²) in [6.07, 6.45) is -0.108. The molecule has 3 rings (SSSR count). The van der Waals surface area contributed by atoms with E-state index in [9.17, 15) is 9.18 Å². The van der Waals surface area contributed by atoms with E-state index in [4.69, 9.17) is 16.0 Å². The summed E-state index contributed by atoms with van der Waals surface area (Å²) < 4.78 is 19.3. The number of amides is 1. The van der Waals surface area contributed by atoms with E-state index in [0.29, 0.717) is 5.76 Å². The summed E-state index contributed by atoms with van der Waals surface area (Å²) in [6, 6.07) is 9.99. The minimum Gasteiger partial charge on any atom is -0.459 e. The summed E-state index contributed by atoms with van der Waals surface area (Å²) in [5.74, 6) is 0.600. The monoisotopic (exact) mass is 349 g/mol. The third-order valence-corrected chi connectivity index (χ3v) is 4.36. The van der Waals surface area contributed by atoms with Crippen molar-refractivity contribution in [1.29, 1.82) is 0 Å². The van der Waals surface area contributed by atoms with Crippen LogP contribution in [0.4, 0.5) is 4.39 Å². The first-order valence-corrected chi connectivity index (χ1v) is 8.26. The van der Waals surface area contributed by atoms with Gasteiger partial charge in [-0.05, 0) is 35.7 Å². The highest BCUT2D eigenvalue weighted by Crippen LogP contribution is 2.24. The lowest BCUT2D eigenvalue weighted by Crippen LogP contribution is -2.24. The van der Waals surface area contributed by atoms with Crippen LogP contribution in [0.1, 0.15) is 11.3 Å². The molecule has 1 N–H and O–H groups in total. The Morgan fingerprint density at radius 1 is 1.26 bits per heavy atom. The van der Waals surface area contributed by atoms with Crippen LogP contribution in [-0.4, -0.2) is 5.91 Å². The van der Waals surface area contributed by atoms with E-state index in [0.717, 1.165) is 11.3 Å². The zero-order valence-electron chi connectivity index (χ0n) is 12.0. The average Bonchev–Trinajstić information content (AvgIpc) is 3.19. The van der Waals surface area contributed by atoms with Gasteiger partial charge in [0.15, 0.2) is 0 Å². The van der Waals surface area contributed by atoms with Gasteiger partial charge >= 0.3 is 0 Å². The third kappa shape index (κ3) is 3.81. The molecule has 23 heavy (non-hydrogen) atoms. The highest BCUT2D eigenvalue weighted by Gasteiger charge is 2.12. The lowest BCUT2D eigenvalue weighted by molar-refractivity contribution is -0.120. The van der Waals surface area contributed by atoms with Crippen molar-refractivity contribution in [3.05, 3.63) is 69.3 Å². The van der Waals surface area contributed by atoms with E-state index in [1.54, 1.807) is 17.4 Å². The fourth-order valence-electron chi connectivity index (χ4n) is 2.14. The zero-order valence-corrected chi connectivity index (χ0v) is 13.6. The Hall–Kier alpha value is -2.11. The number of thiophene rings is 1. The lowest BCUT2D eigenvalue weighted by atomic mass is 10.1. The van der Waals surface area contributed by atoms with Gasteiger partial charge in [-0.2, -0.15) is 11.3 Å². The van der Waals surface area contributed by atoms with Crippen molar-refractivity contribution in [3.8, 4) is 11.3 Å². The molecule has 0 radical (unpaired) electrons. The summed E-state index contributed by atoms with van der Waals surface area (Å²) in [6.45, 7) is 0.245. The molecule has 0 fully saturated rings. The van der Waals surface area contributed by atoms with Crippen LogP contribution in [0.25, 0.3) is 11.3 Å². The molecule has 1 amide bonds. The van der Waals surface area contributed by atoms with Gasteiger partial charge in [0, 0.05) is 21.5 Å². The van der Waals surface area contributed by atoms with Crippen molar-refractivity contribution in [2.45, 2.75) is 13.0 Å². The Morgan fingerprint density at radius 2 is 2.13 bits per heavy atom. The number of hydrogen-bond acceptors (Lipinski definition) is 3. The van der Waals surface area contributed by atoms with Gasteiger partial charge in [-0.1, -0.05) is 17.7 Å². The number of benzene rings is 1. The number of nitrogens with one attached hydrogen (secondary N) is 1. The van der Waals surface area contributed by atoms with Crippen molar-refractivity contribution in [2.24, 2.45) is 0 Å². The number of carbonyl (C=O) groups is 1. The predicted octanol–water partition coefficient (Wildman–Crippen LogP) is 4.66. The van der Waals surface area contributed by atoms with Crippen LogP contribution in [0.5, 0.6) is 0 Å². The fraction of sp³-hybridized carbons (Fsp3) is 0.118. The number of halogens is 2. The van der Waals surface area contributed by atoms with Crippen molar-refractivity contribution >= 4 is 28.8 Å². The quantitative estimate of drug-likeness (QED) is 0.728. The Labute approximate surface area is 141 Å². The van der Waals surface area contributed by atoms with Gasteiger partial charge in [0.25, 0.3) is 0 Å². The maximum atomic E-state index is 13.7. The van der Waals surface area contributed by atoms with Gasteiger partial charge in [-0.25, -0.2) is 4.39 Å². The Kier molecular flexibility index (Phi) is 4.79. The average molecular weight is 350 g/mol. The maximum Gasteiger partial charge on any atom is 0.224 e. The van der Waals surface area contributed by atoms with Crippen LogP contribution >= 0.6 is 22.9 Å². The number of carbonyl (C=O) groups excluding carboxylic acids is 1. The minimum atomic E-state index is -0.481. The van der Waals surface area contributed by atoms with E-state index in [2.05, 4.69) is 5.32 Å². The SMILES string of the molecule is O=C(Cc1c(F)cccc1Cl)NCc1ccc(-c2ccsc2)o1. The predicted molar refractivity (Wildman–Crippen MR) is 89.0 cm³/mol. The third-order valence-electron chi connectivity index (χ3n) is 3.33. The summed E-state index contributed by atoms with van der Waals surface area (Å²) in [5.41, 5.74) is 1.20. The summed E-state index contributed by atoms with van der Waals surface area (Å²) in [7, 11) is 0. The molecule has 0 saturated heterocycles. The van der Waals surface area contributed by atoms with E-state index < -0.39 is 5.82 Å². The molecule has 2 aromatic heterocycles. The second-order valence-electron chi connectivity index (χ2n) is 4.93. The van der Waals surface area contributed by atoms with Gasteiger partial charge in [-0.15, -0.1) is 0 Å². The van der Waals surface area contributed by atoms with Crippen molar-refractivity contribution in [3.63, 3.8) is 0 Å². The van der Waals surface area contributed by atoms with E-state index >= 15 is 0 Å². The summed E-state index contributed by atoms with van der Waals surface area (Å²) in [5, 5.41) is 6.91. The summed E-state index contributed by atoms with van der Waals surface area (Å²) >= 11 is 7.50. The van der Waals surface area contributed by atoms with Crippen molar-refractivity contribution < 1.29 is 13.6 Å². The fourth-order valence-corrected chi connectivity index (χ4v) is 3.02. The molecule has 0 atom stereocenters. The van der Waals surface area contributed by atoms with Gasteiger partial charge in [0.05, 0.1) is 13.0 Å². The smallest absolute Gasteiger partial charge is 0.224 e. The largest absolute Gasteiger partial charge is 0.459 e. The number of rotatable bonds is 5. The zero-order chi connectivity index (χ0) is 16.2. The van der Waals surface area contributed by atoms with Crippen LogP contribution in [0.3, 0.4) is 0 Å². The first-order chi connectivity index (χ1) is 11.1. The molecule has 0 unspecified atom stereocenters. The molecule has 2 heterocycles. The van der Waals surface area contributed by atoms with Gasteiger partial charge in [0.1, 0.15) is 17.3 Å². The molecular weight excluding hydrogens is 337 g/mol. The minimum absolute atomic E-state index is 0.108. The van der Waals surface area contributed by atoms with Crippen LogP contribution in [0.15, 0.2) is 51.6 Å². The highest BCUT2D eigenvalue weighted by atomic mass is 35.5. The van der Waals surface area contributed by atoms with Crippen LogP contribution < -0.4 is 5.32 Å². The first-order valence-electron chi connectivity index (χ1n) is 6.94. The number of hydrogen-bond donors (Lipinski definition) is 1. The van der Waals surface area contributed by atoms with Crippen LogP contribution in [0, 0.1) is 5.82 Å². The Balaban J connectivity index is 1.59. The molecule has 0 bridgehead atoms. The van der Waals surface area contributed by atoms with Crippen LogP contribution in [-0.2, 0) is 17.8 Å². The standard InChI is InChI=1S/C17H13ClFNO2S/c18-14-2-1-3-15(19)13(14)8-17(21)20-9-12-4-5-16(22-12)11-6-7-23-10-11/h1-7,10H,8-9H2,(H,20,21). The lowest BCUT2D eigenvalue weighted by Gasteiger charge is -2.06. The molecule has 0 aliphatic carbocycles. The molecule has 1 aromatic carbocycles. The van der Waals surface area contributed by atoms with Gasteiger partial charge in [0.2, 0.25) is 5.91 Å². The summed E-state index contributed by atoms with van der Waals surface area (Å²) in [4.78, 5) is 11.9. The highest BCUT2D eigenvalue weighted by molar-refractivity contribution is 7.08. The number of furan rings is 1. The first kappa shape index (κ1) is 15.8. The molecule has 118 valence electrons. The van der Waals surface area contributed by atoms with E-state index in [1.807, 2.05) is 29.0 Å². The van der Waals surface area contributed by atoms with Gasteiger partial charge < -0.3 is 9.73 Å². The van der Waals surface area contributed by atoms with Gasteiger partial charge in [-0.3, -0.25) is 4.79 Å². The van der Waals surface area contributed by atoms with E-state index in [1.165, 1.54) is 12.1 Å². The molecule has 0 aliphatic heterocycles. The second kappa shape index (κ2) is 6.98. The topological polar surface area (TPSA) is 42.2 Å².